The summed E-state index contributed by atoms with van der Waals surface area (Å²) in [5.41, 5.74) is 1.08. The van der Waals surface area contributed by atoms with Crippen molar-refractivity contribution in [2.24, 2.45) is 0 Å². The fourth-order valence-electron chi connectivity index (χ4n) is 2.94. The van der Waals surface area contributed by atoms with Gasteiger partial charge in [0.15, 0.2) is 0 Å². The monoisotopic (exact) mass is 369 g/mol. The van der Waals surface area contributed by atoms with Crippen molar-refractivity contribution >= 4 is 25.1 Å². The number of ether oxygens (including phenoxy) is 1. The zero-order valence-corrected chi connectivity index (χ0v) is 16.7. The SMILES string of the molecule is CC(=O)OCC(CC(=O)NCc1ccccc1)[Si](C)(C)c1ccccc1. The lowest BCUT2D eigenvalue weighted by molar-refractivity contribution is -0.141. The van der Waals surface area contributed by atoms with Crippen LogP contribution in [0.3, 0.4) is 0 Å². The molecule has 0 aromatic heterocycles. The Labute approximate surface area is 156 Å². The van der Waals surface area contributed by atoms with Gasteiger partial charge in [0.1, 0.15) is 0 Å². The second-order valence-corrected chi connectivity index (χ2v) is 11.9. The molecule has 0 aliphatic carbocycles. The van der Waals surface area contributed by atoms with Crippen molar-refractivity contribution in [1.82, 2.24) is 5.32 Å². The number of carbonyl (C=O) groups is 2. The van der Waals surface area contributed by atoms with Gasteiger partial charge in [0, 0.05) is 25.4 Å². The minimum absolute atomic E-state index is 0.0116. The van der Waals surface area contributed by atoms with Crippen LogP contribution in [0.2, 0.25) is 18.6 Å². The molecule has 4 nitrogen and oxygen atoms in total. The standard InChI is InChI=1S/C21H27NO3Si/c1-17(23)25-16-20(26(2,3)19-12-8-5-9-13-19)14-21(24)22-15-18-10-6-4-7-11-18/h4-13,20H,14-16H2,1-3H3,(H,22,24). The number of hydrogen-bond donors (Lipinski definition) is 1. The highest BCUT2D eigenvalue weighted by Crippen LogP contribution is 2.26. The van der Waals surface area contributed by atoms with Crippen molar-refractivity contribution in [3.05, 3.63) is 66.2 Å². The Morgan fingerprint density at radius 3 is 2.15 bits per heavy atom. The normalized spacial score (nSPS) is 12.3. The smallest absolute Gasteiger partial charge is 0.302 e. The molecule has 0 aliphatic rings. The van der Waals surface area contributed by atoms with E-state index in [1.54, 1.807) is 0 Å². The lowest BCUT2D eigenvalue weighted by Crippen LogP contribution is -2.49. The Balaban J connectivity index is 2.06. The van der Waals surface area contributed by atoms with Crippen LogP contribution in [0.1, 0.15) is 18.9 Å². The summed E-state index contributed by atoms with van der Waals surface area (Å²) in [6.07, 6.45) is 0.355. The van der Waals surface area contributed by atoms with Crippen LogP contribution in [0.25, 0.3) is 0 Å². The molecule has 1 N–H and O–H groups in total. The Bertz CT molecular complexity index is 717. The summed E-state index contributed by atoms with van der Waals surface area (Å²) in [5, 5.41) is 4.24. The first-order chi connectivity index (χ1) is 12.4. The number of carbonyl (C=O) groups excluding carboxylic acids is 2. The number of amides is 1. The molecule has 0 radical (unpaired) electrons. The number of rotatable bonds is 8. The first kappa shape index (κ1) is 19.9. The third kappa shape index (κ3) is 5.84. The minimum atomic E-state index is -1.98. The van der Waals surface area contributed by atoms with E-state index in [1.165, 1.54) is 12.1 Å². The van der Waals surface area contributed by atoms with Crippen LogP contribution in [-0.2, 0) is 20.9 Å². The molecule has 138 valence electrons. The van der Waals surface area contributed by atoms with Gasteiger partial charge in [-0.3, -0.25) is 9.59 Å². The largest absolute Gasteiger partial charge is 0.466 e. The molecule has 2 aromatic rings. The fourth-order valence-corrected chi connectivity index (χ4v) is 5.65. The molecule has 1 atom stereocenters. The topological polar surface area (TPSA) is 55.4 Å². The van der Waals surface area contributed by atoms with Gasteiger partial charge in [-0.15, -0.1) is 0 Å². The quantitative estimate of drug-likeness (QED) is 0.574. The molecule has 1 amide bonds. The minimum Gasteiger partial charge on any atom is -0.466 e. The second kappa shape index (κ2) is 9.34. The summed E-state index contributed by atoms with van der Waals surface area (Å²) in [5.74, 6) is -0.319. The van der Waals surface area contributed by atoms with Crippen molar-refractivity contribution in [3.63, 3.8) is 0 Å². The Hall–Kier alpha value is -2.40. The van der Waals surface area contributed by atoms with Crippen molar-refractivity contribution in [1.29, 1.82) is 0 Å². The van der Waals surface area contributed by atoms with Gasteiger partial charge in [-0.25, -0.2) is 0 Å². The first-order valence-electron chi connectivity index (χ1n) is 8.89. The first-order valence-corrected chi connectivity index (χ1v) is 12.0. The van der Waals surface area contributed by atoms with Crippen molar-refractivity contribution in [2.45, 2.75) is 38.5 Å². The molecule has 0 bridgehead atoms. The zero-order valence-electron chi connectivity index (χ0n) is 15.7. The average molecular weight is 370 g/mol. The predicted molar refractivity (Wildman–Crippen MR) is 107 cm³/mol. The molecule has 0 aliphatic heterocycles. The van der Waals surface area contributed by atoms with Gasteiger partial charge in [-0.05, 0) is 5.56 Å². The Morgan fingerprint density at radius 1 is 1.00 bits per heavy atom. The second-order valence-electron chi connectivity index (χ2n) is 7.05. The van der Waals surface area contributed by atoms with Gasteiger partial charge in [-0.2, -0.15) is 0 Å². The van der Waals surface area contributed by atoms with E-state index < -0.39 is 8.07 Å². The summed E-state index contributed by atoms with van der Waals surface area (Å²) >= 11 is 0. The average Bonchev–Trinajstić information content (AvgIpc) is 2.64. The predicted octanol–water partition coefficient (Wildman–Crippen LogP) is 3.24. The van der Waals surface area contributed by atoms with Crippen LogP contribution < -0.4 is 10.5 Å². The summed E-state index contributed by atoms with van der Waals surface area (Å²) in [4.78, 5) is 23.8. The van der Waals surface area contributed by atoms with Crippen LogP contribution in [0.15, 0.2) is 60.7 Å². The third-order valence-corrected chi connectivity index (χ3v) is 9.02. The molecule has 2 aromatic carbocycles. The summed E-state index contributed by atoms with van der Waals surface area (Å²) in [7, 11) is -1.98. The zero-order chi connectivity index (χ0) is 19.0. The summed E-state index contributed by atoms with van der Waals surface area (Å²) in [6.45, 7) is 6.64. The Morgan fingerprint density at radius 2 is 1.58 bits per heavy atom. The molecule has 26 heavy (non-hydrogen) atoms. The highest BCUT2D eigenvalue weighted by Gasteiger charge is 2.35. The highest BCUT2D eigenvalue weighted by molar-refractivity contribution is 6.91. The molecule has 0 heterocycles. The van der Waals surface area contributed by atoms with Crippen molar-refractivity contribution in [2.75, 3.05) is 6.61 Å². The number of esters is 1. The molecule has 0 saturated heterocycles. The van der Waals surface area contributed by atoms with Crippen LogP contribution >= 0.6 is 0 Å². The molecule has 0 spiro atoms. The molecule has 0 saturated carbocycles. The van der Waals surface area contributed by atoms with E-state index in [2.05, 4.69) is 30.5 Å². The van der Waals surface area contributed by atoms with E-state index in [0.717, 1.165) is 5.56 Å². The van der Waals surface area contributed by atoms with E-state index in [1.807, 2.05) is 48.5 Å². The van der Waals surface area contributed by atoms with Crippen LogP contribution in [0.5, 0.6) is 0 Å². The lowest BCUT2D eigenvalue weighted by atomic mass is 10.2. The van der Waals surface area contributed by atoms with Crippen LogP contribution in [-0.4, -0.2) is 26.6 Å². The maximum Gasteiger partial charge on any atom is 0.302 e. The fraction of sp³-hybridized carbons (Fsp3) is 0.333. The third-order valence-electron chi connectivity index (χ3n) is 4.79. The summed E-state index contributed by atoms with van der Waals surface area (Å²) in [6, 6.07) is 20.1. The molecule has 2 rings (SSSR count). The molecule has 5 heteroatoms. The summed E-state index contributed by atoms with van der Waals surface area (Å²) < 4.78 is 5.29. The number of benzene rings is 2. The van der Waals surface area contributed by atoms with E-state index in [9.17, 15) is 9.59 Å². The van der Waals surface area contributed by atoms with Gasteiger partial charge in [0.2, 0.25) is 5.91 Å². The molecular weight excluding hydrogens is 342 g/mol. The maximum atomic E-state index is 12.5. The molecule has 0 fully saturated rings. The number of nitrogens with one attached hydrogen (secondary N) is 1. The highest BCUT2D eigenvalue weighted by atomic mass is 28.3. The van der Waals surface area contributed by atoms with E-state index in [0.29, 0.717) is 13.0 Å². The van der Waals surface area contributed by atoms with Crippen LogP contribution in [0, 0.1) is 0 Å². The van der Waals surface area contributed by atoms with Crippen molar-refractivity contribution < 1.29 is 14.3 Å². The van der Waals surface area contributed by atoms with Gasteiger partial charge in [0.25, 0.3) is 0 Å². The molecule has 1 unspecified atom stereocenters. The van der Waals surface area contributed by atoms with E-state index >= 15 is 0 Å². The number of hydrogen-bond acceptors (Lipinski definition) is 3. The van der Waals surface area contributed by atoms with Gasteiger partial charge in [-0.1, -0.05) is 78.9 Å². The van der Waals surface area contributed by atoms with Gasteiger partial charge < -0.3 is 10.1 Å². The molecular formula is C21H27NO3Si. The van der Waals surface area contributed by atoms with Crippen LogP contribution in [0.4, 0.5) is 0 Å². The van der Waals surface area contributed by atoms with Crippen molar-refractivity contribution in [3.8, 4) is 0 Å². The van der Waals surface area contributed by atoms with E-state index in [-0.39, 0.29) is 24.0 Å². The Kier molecular flexibility index (Phi) is 7.15. The lowest BCUT2D eigenvalue weighted by Gasteiger charge is -2.32. The van der Waals surface area contributed by atoms with Gasteiger partial charge in [0.05, 0.1) is 14.7 Å². The van der Waals surface area contributed by atoms with E-state index in [4.69, 9.17) is 4.74 Å². The maximum absolute atomic E-state index is 12.5. The van der Waals surface area contributed by atoms with Gasteiger partial charge >= 0.3 is 5.97 Å².